The van der Waals surface area contributed by atoms with Crippen molar-refractivity contribution in [1.82, 2.24) is 14.9 Å². The Labute approximate surface area is 195 Å². The first-order valence-electron chi connectivity index (χ1n) is 12.1. The number of nitrogens with zero attached hydrogens (tertiary/aromatic N) is 3. The number of rotatable bonds is 4. The van der Waals surface area contributed by atoms with Gasteiger partial charge in [0.1, 0.15) is 0 Å². The van der Waals surface area contributed by atoms with Gasteiger partial charge in [0.05, 0.1) is 23.7 Å². The first-order valence-corrected chi connectivity index (χ1v) is 12.1. The Morgan fingerprint density at radius 1 is 0.970 bits per heavy atom. The van der Waals surface area contributed by atoms with Gasteiger partial charge < -0.3 is 15.0 Å². The Kier molecular flexibility index (Phi) is 5.87. The van der Waals surface area contributed by atoms with Crippen molar-refractivity contribution in [3.63, 3.8) is 0 Å². The van der Waals surface area contributed by atoms with E-state index in [1.165, 1.54) is 22.3 Å². The number of ether oxygens (including phenoxy) is 1. The molecule has 6 nitrogen and oxygen atoms in total. The van der Waals surface area contributed by atoms with Gasteiger partial charge in [0.15, 0.2) is 0 Å². The number of fused-ring (bicyclic) bond motifs is 1. The number of carbonyl (C=O) groups is 1. The number of piperidine rings is 1. The topological polar surface area (TPSA) is 59.4 Å². The number of aryl methyl sites for hydroxylation is 4. The Morgan fingerprint density at radius 2 is 1.67 bits per heavy atom. The molecule has 1 atom stereocenters. The van der Waals surface area contributed by atoms with Crippen molar-refractivity contribution in [1.29, 1.82) is 0 Å². The standard InChI is InChI=1S/C27H34N4O2/c1-17-11-18(2)13-23(12-17)31-25-15-20(4)19(3)14-24(25)29-27(31)30-8-5-21(6-9-30)26(32)28-22-7-10-33-16-22/h11-15,21-22H,5-10,16H2,1-4H3,(H,28,32). The van der Waals surface area contributed by atoms with Crippen LogP contribution in [0.1, 0.15) is 41.5 Å². The van der Waals surface area contributed by atoms with Crippen LogP contribution in [0.3, 0.4) is 0 Å². The van der Waals surface area contributed by atoms with Crippen LogP contribution >= 0.6 is 0 Å². The summed E-state index contributed by atoms with van der Waals surface area (Å²) in [6.07, 6.45) is 2.60. The fraction of sp³-hybridized carbons (Fsp3) is 0.481. The molecule has 2 aliphatic rings. The highest BCUT2D eigenvalue weighted by Gasteiger charge is 2.30. The van der Waals surface area contributed by atoms with Crippen LogP contribution < -0.4 is 10.2 Å². The fourth-order valence-electron chi connectivity index (χ4n) is 5.18. The molecule has 33 heavy (non-hydrogen) atoms. The maximum absolute atomic E-state index is 12.8. The van der Waals surface area contributed by atoms with E-state index in [1.54, 1.807) is 0 Å². The molecule has 1 amide bonds. The van der Waals surface area contributed by atoms with Gasteiger partial charge in [0, 0.05) is 31.3 Å². The minimum Gasteiger partial charge on any atom is -0.379 e. The molecule has 2 aliphatic heterocycles. The Balaban J connectivity index is 1.45. The zero-order valence-electron chi connectivity index (χ0n) is 20.1. The van der Waals surface area contributed by atoms with E-state index < -0.39 is 0 Å². The number of aromatic nitrogens is 2. The molecular formula is C27H34N4O2. The van der Waals surface area contributed by atoms with E-state index in [1.807, 2.05) is 0 Å². The smallest absolute Gasteiger partial charge is 0.223 e. The summed E-state index contributed by atoms with van der Waals surface area (Å²) in [4.78, 5) is 20.2. The molecule has 3 heterocycles. The van der Waals surface area contributed by atoms with Crippen LogP contribution in [0.15, 0.2) is 30.3 Å². The van der Waals surface area contributed by atoms with Crippen molar-refractivity contribution in [3.05, 3.63) is 52.6 Å². The van der Waals surface area contributed by atoms with E-state index in [0.717, 1.165) is 61.6 Å². The molecule has 1 N–H and O–H groups in total. The number of anilines is 1. The summed E-state index contributed by atoms with van der Waals surface area (Å²) < 4.78 is 7.71. The lowest BCUT2D eigenvalue weighted by Crippen LogP contribution is -2.44. The lowest BCUT2D eigenvalue weighted by atomic mass is 9.95. The van der Waals surface area contributed by atoms with Gasteiger partial charge in [0.2, 0.25) is 11.9 Å². The predicted molar refractivity (Wildman–Crippen MR) is 132 cm³/mol. The SMILES string of the molecule is Cc1cc(C)cc(-n2c(N3CCC(C(=O)NC4CCOC4)CC3)nc3cc(C)c(C)cc32)c1. The first-order chi connectivity index (χ1) is 15.9. The van der Waals surface area contributed by atoms with Crippen molar-refractivity contribution in [2.45, 2.75) is 53.0 Å². The second kappa shape index (κ2) is 8.82. The van der Waals surface area contributed by atoms with Crippen LogP contribution in [0.5, 0.6) is 0 Å². The highest BCUT2D eigenvalue weighted by Crippen LogP contribution is 2.32. The first kappa shape index (κ1) is 22.0. The van der Waals surface area contributed by atoms with E-state index >= 15 is 0 Å². The van der Waals surface area contributed by atoms with Crippen molar-refractivity contribution in [2.75, 3.05) is 31.2 Å². The van der Waals surface area contributed by atoms with Gasteiger partial charge in [-0.25, -0.2) is 4.98 Å². The molecular weight excluding hydrogens is 412 g/mol. The lowest BCUT2D eigenvalue weighted by molar-refractivity contribution is -0.126. The number of imidazole rings is 1. The molecule has 0 spiro atoms. The van der Waals surface area contributed by atoms with Gasteiger partial charge in [-0.3, -0.25) is 9.36 Å². The number of benzene rings is 2. The third kappa shape index (κ3) is 4.36. The second-order valence-corrected chi connectivity index (χ2v) is 9.85. The average Bonchev–Trinajstić information content (AvgIpc) is 3.41. The van der Waals surface area contributed by atoms with Crippen LogP contribution in [0.4, 0.5) is 5.95 Å². The molecule has 1 aromatic heterocycles. The maximum atomic E-state index is 12.8. The molecule has 2 aromatic carbocycles. The molecule has 5 rings (SSSR count). The molecule has 1 unspecified atom stereocenters. The molecule has 2 fully saturated rings. The molecule has 174 valence electrons. The number of carbonyl (C=O) groups excluding carboxylic acids is 1. The minimum atomic E-state index is 0.0605. The number of amides is 1. The van der Waals surface area contributed by atoms with Crippen LogP contribution in [0, 0.1) is 33.6 Å². The molecule has 0 aliphatic carbocycles. The molecule has 0 saturated carbocycles. The summed E-state index contributed by atoms with van der Waals surface area (Å²) in [7, 11) is 0. The van der Waals surface area contributed by atoms with E-state index in [0.29, 0.717) is 6.61 Å². The van der Waals surface area contributed by atoms with Crippen molar-refractivity contribution < 1.29 is 9.53 Å². The summed E-state index contributed by atoms with van der Waals surface area (Å²) in [5.41, 5.74) is 8.32. The van der Waals surface area contributed by atoms with Gasteiger partial charge in [-0.15, -0.1) is 0 Å². The monoisotopic (exact) mass is 446 g/mol. The normalized spacial score (nSPS) is 19.4. The van der Waals surface area contributed by atoms with E-state index in [-0.39, 0.29) is 17.9 Å². The molecule has 2 saturated heterocycles. The molecule has 6 heteroatoms. The quantitative estimate of drug-likeness (QED) is 0.646. The maximum Gasteiger partial charge on any atom is 0.223 e. The van der Waals surface area contributed by atoms with E-state index in [4.69, 9.17) is 9.72 Å². The Hall–Kier alpha value is -2.86. The van der Waals surface area contributed by atoms with Crippen molar-refractivity contribution in [2.24, 2.45) is 5.92 Å². The molecule has 0 radical (unpaired) electrons. The van der Waals surface area contributed by atoms with Gasteiger partial charge in [-0.05, 0) is 93.5 Å². The van der Waals surface area contributed by atoms with Gasteiger partial charge in [0.25, 0.3) is 0 Å². The predicted octanol–water partition coefficient (Wildman–Crippen LogP) is 4.38. The third-order valence-corrected chi connectivity index (χ3v) is 7.14. The van der Waals surface area contributed by atoms with Crippen molar-refractivity contribution >= 4 is 22.9 Å². The number of nitrogens with one attached hydrogen (secondary N) is 1. The van der Waals surface area contributed by atoms with Crippen LogP contribution in [-0.4, -0.2) is 47.8 Å². The summed E-state index contributed by atoms with van der Waals surface area (Å²) in [6.45, 7) is 11.6. The Morgan fingerprint density at radius 3 is 2.33 bits per heavy atom. The van der Waals surface area contributed by atoms with Gasteiger partial charge >= 0.3 is 0 Å². The molecule has 3 aromatic rings. The summed E-state index contributed by atoms with van der Waals surface area (Å²) >= 11 is 0. The largest absolute Gasteiger partial charge is 0.379 e. The highest BCUT2D eigenvalue weighted by atomic mass is 16.5. The Bertz CT molecular complexity index is 1160. The summed E-state index contributed by atoms with van der Waals surface area (Å²) in [6, 6.07) is 11.3. The second-order valence-electron chi connectivity index (χ2n) is 9.85. The van der Waals surface area contributed by atoms with Crippen LogP contribution in [0.2, 0.25) is 0 Å². The summed E-state index contributed by atoms with van der Waals surface area (Å²) in [5, 5.41) is 3.18. The highest BCUT2D eigenvalue weighted by molar-refractivity contribution is 5.83. The van der Waals surface area contributed by atoms with Crippen LogP contribution in [-0.2, 0) is 9.53 Å². The van der Waals surface area contributed by atoms with Crippen molar-refractivity contribution in [3.8, 4) is 5.69 Å². The fourth-order valence-corrected chi connectivity index (χ4v) is 5.18. The van der Waals surface area contributed by atoms with Gasteiger partial charge in [-0.1, -0.05) is 6.07 Å². The average molecular weight is 447 g/mol. The lowest BCUT2D eigenvalue weighted by Gasteiger charge is -2.33. The number of hydrogen-bond donors (Lipinski definition) is 1. The zero-order chi connectivity index (χ0) is 23.1. The van der Waals surface area contributed by atoms with Gasteiger partial charge in [-0.2, -0.15) is 0 Å². The zero-order valence-corrected chi connectivity index (χ0v) is 20.1. The van der Waals surface area contributed by atoms with Crippen LogP contribution in [0.25, 0.3) is 16.7 Å². The minimum absolute atomic E-state index is 0.0605. The van der Waals surface area contributed by atoms with E-state index in [9.17, 15) is 4.79 Å². The third-order valence-electron chi connectivity index (χ3n) is 7.14. The van der Waals surface area contributed by atoms with E-state index in [2.05, 4.69) is 72.8 Å². The number of hydrogen-bond acceptors (Lipinski definition) is 4. The molecule has 0 bridgehead atoms. The summed E-state index contributed by atoms with van der Waals surface area (Å²) in [5.74, 6) is 1.22.